The standard InChI is InChI=1S/C11H14N2O5/c1-18-11(17)9-6(3-2-4-13-9)10(16)7(14)5-8(12)15/h2-4,7,10,14,16H,5H2,1H3,(H2,12,15). The number of methoxy groups -OCH3 is 1. The van der Waals surface area contributed by atoms with Crippen LogP contribution in [-0.4, -0.2) is 40.3 Å². The quantitative estimate of drug-likeness (QED) is 0.587. The van der Waals surface area contributed by atoms with E-state index in [9.17, 15) is 19.8 Å². The molecule has 0 saturated heterocycles. The largest absolute Gasteiger partial charge is 0.464 e. The molecule has 7 nitrogen and oxygen atoms in total. The number of ether oxygens (including phenoxy) is 1. The first-order chi connectivity index (χ1) is 8.47. The molecule has 18 heavy (non-hydrogen) atoms. The van der Waals surface area contributed by atoms with Gasteiger partial charge in [-0.25, -0.2) is 9.78 Å². The molecular formula is C11H14N2O5. The van der Waals surface area contributed by atoms with Crippen LogP contribution in [0.2, 0.25) is 0 Å². The fraction of sp³-hybridized carbons (Fsp3) is 0.364. The summed E-state index contributed by atoms with van der Waals surface area (Å²) in [6.07, 6.45) is -1.92. The molecule has 0 spiro atoms. The van der Waals surface area contributed by atoms with Gasteiger partial charge < -0.3 is 20.7 Å². The lowest BCUT2D eigenvalue weighted by molar-refractivity contribution is -0.121. The highest BCUT2D eigenvalue weighted by Gasteiger charge is 2.25. The molecule has 1 heterocycles. The third-order valence-electron chi connectivity index (χ3n) is 2.31. The van der Waals surface area contributed by atoms with Crippen LogP contribution in [0.25, 0.3) is 0 Å². The van der Waals surface area contributed by atoms with E-state index in [0.717, 1.165) is 0 Å². The molecule has 0 aliphatic rings. The van der Waals surface area contributed by atoms with Crippen LogP contribution >= 0.6 is 0 Å². The van der Waals surface area contributed by atoms with Gasteiger partial charge >= 0.3 is 5.97 Å². The Labute approximate surface area is 103 Å². The van der Waals surface area contributed by atoms with Gasteiger partial charge in [-0.3, -0.25) is 4.79 Å². The molecule has 1 amide bonds. The number of aromatic nitrogens is 1. The summed E-state index contributed by atoms with van der Waals surface area (Å²) in [6, 6.07) is 2.90. The van der Waals surface area contributed by atoms with E-state index in [4.69, 9.17) is 5.73 Å². The van der Waals surface area contributed by atoms with E-state index in [1.165, 1.54) is 25.4 Å². The second-order valence-electron chi connectivity index (χ2n) is 3.62. The first kappa shape index (κ1) is 14.1. The van der Waals surface area contributed by atoms with Gasteiger partial charge in [0.05, 0.1) is 19.6 Å². The lowest BCUT2D eigenvalue weighted by Crippen LogP contribution is -2.27. The number of esters is 1. The van der Waals surface area contributed by atoms with Crippen LogP contribution in [0.5, 0.6) is 0 Å². The van der Waals surface area contributed by atoms with Crippen molar-refractivity contribution in [2.45, 2.75) is 18.6 Å². The maximum absolute atomic E-state index is 11.4. The fourth-order valence-electron chi connectivity index (χ4n) is 1.45. The zero-order chi connectivity index (χ0) is 13.7. The summed E-state index contributed by atoms with van der Waals surface area (Å²) in [5.74, 6) is -1.50. The molecule has 2 atom stereocenters. The van der Waals surface area contributed by atoms with Crippen molar-refractivity contribution in [3.8, 4) is 0 Å². The Morgan fingerprint density at radius 3 is 2.72 bits per heavy atom. The number of nitrogens with two attached hydrogens (primary N) is 1. The van der Waals surface area contributed by atoms with Gasteiger partial charge in [-0.1, -0.05) is 6.07 Å². The minimum absolute atomic E-state index is 0.0816. The van der Waals surface area contributed by atoms with E-state index in [1.54, 1.807) is 0 Å². The van der Waals surface area contributed by atoms with Gasteiger partial charge in [0.1, 0.15) is 6.10 Å². The van der Waals surface area contributed by atoms with Crippen LogP contribution in [-0.2, 0) is 9.53 Å². The number of rotatable bonds is 5. The molecular weight excluding hydrogens is 240 g/mol. The van der Waals surface area contributed by atoms with E-state index in [1.807, 2.05) is 0 Å². The van der Waals surface area contributed by atoms with E-state index in [-0.39, 0.29) is 11.3 Å². The number of hydrogen-bond donors (Lipinski definition) is 3. The Hall–Kier alpha value is -1.99. The van der Waals surface area contributed by atoms with Gasteiger partial charge in [-0.05, 0) is 6.07 Å². The summed E-state index contributed by atoms with van der Waals surface area (Å²) < 4.78 is 4.50. The predicted octanol–water partition coefficient (Wildman–Crippen LogP) is -0.862. The number of primary amides is 1. The van der Waals surface area contributed by atoms with Crippen molar-refractivity contribution in [3.63, 3.8) is 0 Å². The van der Waals surface area contributed by atoms with Gasteiger partial charge in [0.15, 0.2) is 5.69 Å². The molecule has 0 fully saturated rings. The van der Waals surface area contributed by atoms with Crippen molar-refractivity contribution >= 4 is 11.9 Å². The van der Waals surface area contributed by atoms with Gasteiger partial charge in [0.25, 0.3) is 0 Å². The lowest BCUT2D eigenvalue weighted by atomic mass is 10.0. The van der Waals surface area contributed by atoms with Crippen molar-refractivity contribution in [2.75, 3.05) is 7.11 Å². The summed E-state index contributed by atoms with van der Waals surface area (Å²) in [5, 5.41) is 19.4. The molecule has 0 aliphatic heterocycles. The van der Waals surface area contributed by atoms with Crippen LogP contribution in [0.4, 0.5) is 0 Å². The number of hydrogen-bond acceptors (Lipinski definition) is 6. The zero-order valence-corrected chi connectivity index (χ0v) is 9.74. The SMILES string of the molecule is COC(=O)c1ncccc1C(O)C(O)CC(N)=O. The third-order valence-corrected chi connectivity index (χ3v) is 2.31. The highest BCUT2D eigenvalue weighted by atomic mass is 16.5. The minimum atomic E-state index is -1.44. The van der Waals surface area contributed by atoms with Crippen LogP contribution < -0.4 is 5.73 Å². The molecule has 0 aliphatic carbocycles. The number of carbonyl (C=O) groups excluding carboxylic acids is 2. The molecule has 0 saturated carbocycles. The summed E-state index contributed by atoms with van der Waals surface area (Å²) in [7, 11) is 1.17. The number of aliphatic hydroxyl groups excluding tert-OH is 2. The highest BCUT2D eigenvalue weighted by molar-refractivity contribution is 5.89. The lowest BCUT2D eigenvalue weighted by Gasteiger charge is -2.18. The summed E-state index contributed by atoms with van der Waals surface area (Å²) >= 11 is 0. The van der Waals surface area contributed by atoms with Crippen LogP contribution in [0.15, 0.2) is 18.3 Å². The van der Waals surface area contributed by atoms with Crippen molar-refractivity contribution < 1.29 is 24.5 Å². The smallest absolute Gasteiger partial charge is 0.357 e. The van der Waals surface area contributed by atoms with Crippen molar-refractivity contribution in [2.24, 2.45) is 5.73 Å². The first-order valence-electron chi connectivity index (χ1n) is 5.15. The topological polar surface area (TPSA) is 123 Å². The van der Waals surface area contributed by atoms with Gasteiger partial charge in [-0.2, -0.15) is 0 Å². The van der Waals surface area contributed by atoms with E-state index in [2.05, 4.69) is 9.72 Å². The van der Waals surface area contributed by atoms with Crippen LogP contribution in [0.3, 0.4) is 0 Å². The minimum Gasteiger partial charge on any atom is -0.464 e. The number of carbonyl (C=O) groups is 2. The van der Waals surface area contributed by atoms with Crippen molar-refractivity contribution in [1.82, 2.24) is 4.98 Å². The normalized spacial score (nSPS) is 13.7. The van der Waals surface area contributed by atoms with Gasteiger partial charge in [-0.15, -0.1) is 0 Å². The first-order valence-corrected chi connectivity index (χ1v) is 5.15. The van der Waals surface area contributed by atoms with Crippen LogP contribution in [0.1, 0.15) is 28.6 Å². The average molecular weight is 254 g/mol. The van der Waals surface area contributed by atoms with Crippen molar-refractivity contribution in [3.05, 3.63) is 29.6 Å². The molecule has 2 unspecified atom stereocenters. The molecule has 0 bridgehead atoms. The monoisotopic (exact) mass is 254 g/mol. The Morgan fingerprint density at radius 1 is 1.50 bits per heavy atom. The molecule has 4 N–H and O–H groups in total. The number of amides is 1. The molecule has 0 aromatic carbocycles. The second-order valence-corrected chi connectivity index (χ2v) is 3.62. The van der Waals surface area contributed by atoms with Crippen molar-refractivity contribution in [1.29, 1.82) is 0 Å². The maximum Gasteiger partial charge on any atom is 0.357 e. The van der Waals surface area contributed by atoms with Gasteiger partial charge in [0.2, 0.25) is 5.91 Å². The molecule has 1 rings (SSSR count). The number of nitrogens with zero attached hydrogens (tertiary/aromatic N) is 1. The Balaban J connectivity index is 3.01. The molecule has 7 heteroatoms. The Kier molecular flexibility index (Phi) is 4.75. The molecule has 0 radical (unpaired) electrons. The fourth-order valence-corrected chi connectivity index (χ4v) is 1.45. The highest BCUT2D eigenvalue weighted by Crippen LogP contribution is 2.21. The third kappa shape index (κ3) is 3.25. The predicted molar refractivity (Wildman–Crippen MR) is 60.4 cm³/mol. The summed E-state index contributed by atoms with van der Waals surface area (Å²) in [4.78, 5) is 25.8. The maximum atomic E-state index is 11.4. The summed E-state index contributed by atoms with van der Waals surface area (Å²) in [6.45, 7) is 0. The molecule has 98 valence electrons. The molecule has 1 aromatic rings. The number of aliphatic hydroxyl groups is 2. The van der Waals surface area contributed by atoms with Gasteiger partial charge in [0, 0.05) is 11.8 Å². The zero-order valence-electron chi connectivity index (χ0n) is 9.74. The Bertz CT molecular complexity index is 449. The van der Waals surface area contributed by atoms with E-state index >= 15 is 0 Å². The van der Waals surface area contributed by atoms with Crippen LogP contribution in [0, 0.1) is 0 Å². The average Bonchev–Trinajstić information content (AvgIpc) is 2.36. The van der Waals surface area contributed by atoms with E-state index in [0.29, 0.717) is 0 Å². The van der Waals surface area contributed by atoms with E-state index < -0.39 is 30.5 Å². The number of pyridine rings is 1. The second kappa shape index (κ2) is 6.08. The summed E-state index contributed by atoms with van der Waals surface area (Å²) in [5.41, 5.74) is 4.88. The molecule has 1 aromatic heterocycles. The Morgan fingerprint density at radius 2 is 2.17 bits per heavy atom.